The van der Waals surface area contributed by atoms with E-state index >= 15 is 0 Å². The standard InChI is InChI=1S/C12H16O2S/c1-3-9(13)12-7-8-10(14-2)5-4-6-11(8)15-12/h7,10H,3-6H2,1-2H3. The highest BCUT2D eigenvalue weighted by Crippen LogP contribution is 2.37. The molecule has 1 aliphatic carbocycles. The van der Waals surface area contributed by atoms with Gasteiger partial charge in [0.1, 0.15) is 0 Å². The molecule has 1 aromatic heterocycles. The van der Waals surface area contributed by atoms with Gasteiger partial charge in [0, 0.05) is 18.4 Å². The Hall–Kier alpha value is -0.670. The number of rotatable bonds is 3. The van der Waals surface area contributed by atoms with Crippen LogP contribution in [0.1, 0.15) is 52.4 Å². The monoisotopic (exact) mass is 224 g/mol. The summed E-state index contributed by atoms with van der Waals surface area (Å²) < 4.78 is 5.44. The first-order chi connectivity index (χ1) is 7.26. The summed E-state index contributed by atoms with van der Waals surface area (Å²) in [5.41, 5.74) is 1.26. The Morgan fingerprint density at radius 1 is 1.67 bits per heavy atom. The van der Waals surface area contributed by atoms with Gasteiger partial charge >= 0.3 is 0 Å². The van der Waals surface area contributed by atoms with Crippen molar-refractivity contribution in [1.29, 1.82) is 0 Å². The lowest BCUT2D eigenvalue weighted by Gasteiger charge is -2.20. The molecule has 0 N–H and O–H groups in total. The smallest absolute Gasteiger partial charge is 0.172 e. The highest BCUT2D eigenvalue weighted by Gasteiger charge is 2.23. The molecule has 1 aliphatic rings. The first-order valence-electron chi connectivity index (χ1n) is 5.44. The number of methoxy groups -OCH3 is 1. The normalized spacial score (nSPS) is 20.0. The lowest BCUT2D eigenvalue weighted by molar-refractivity contribution is 0.0887. The zero-order chi connectivity index (χ0) is 10.8. The van der Waals surface area contributed by atoms with Gasteiger partial charge in [0.2, 0.25) is 0 Å². The summed E-state index contributed by atoms with van der Waals surface area (Å²) in [6, 6.07) is 2.04. The zero-order valence-electron chi connectivity index (χ0n) is 9.21. The third-order valence-electron chi connectivity index (χ3n) is 2.94. The van der Waals surface area contributed by atoms with Crippen molar-refractivity contribution < 1.29 is 9.53 Å². The number of aryl methyl sites for hydroxylation is 1. The van der Waals surface area contributed by atoms with Crippen LogP contribution in [0.5, 0.6) is 0 Å². The van der Waals surface area contributed by atoms with Crippen LogP contribution in [0.4, 0.5) is 0 Å². The van der Waals surface area contributed by atoms with Crippen molar-refractivity contribution in [2.45, 2.75) is 38.7 Å². The van der Waals surface area contributed by atoms with E-state index in [2.05, 4.69) is 0 Å². The fourth-order valence-corrected chi connectivity index (χ4v) is 3.33. The molecule has 0 fully saturated rings. The van der Waals surface area contributed by atoms with Crippen LogP contribution in [0.15, 0.2) is 6.07 Å². The van der Waals surface area contributed by atoms with E-state index in [1.807, 2.05) is 13.0 Å². The number of hydrogen-bond acceptors (Lipinski definition) is 3. The van der Waals surface area contributed by atoms with Crippen LogP contribution in [0.2, 0.25) is 0 Å². The molecule has 1 heterocycles. The first kappa shape index (κ1) is 10.8. The molecule has 0 saturated carbocycles. The molecule has 1 atom stereocenters. The van der Waals surface area contributed by atoms with E-state index in [-0.39, 0.29) is 11.9 Å². The molecule has 82 valence electrons. The highest BCUT2D eigenvalue weighted by molar-refractivity contribution is 7.14. The van der Waals surface area contributed by atoms with Gasteiger partial charge in [-0.1, -0.05) is 6.92 Å². The van der Waals surface area contributed by atoms with Crippen LogP contribution < -0.4 is 0 Å². The Labute approximate surface area is 94.3 Å². The zero-order valence-corrected chi connectivity index (χ0v) is 10.0. The van der Waals surface area contributed by atoms with Gasteiger partial charge in [0.25, 0.3) is 0 Å². The van der Waals surface area contributed by atoms with Crippen molar-refractivity contribution in [2.75, 3.05) is 7.11 Å². The van der Waals surface area contributed by atoms with Crippen molar-refractivity contribution in [3.8, 4) is 0 Å². The van der Waals surface area contributed by atoms with Crippen LogP contribution in [-0.2, 0) is 11.2 Å². The summed E-state index contributed by atoms with van der Waals surface area (Å²) in [7, 11) is 1.75. The molecule has 0 bridgehead atoms. The van der Waals surface area contributed by atoms with E-state index in [1.165, 1.54) is 16.9 Å². The van der Waals surface area contributed by atoms with Crippen LogP contribution in [0, 0.1) is 0 Å². The van der Waals surface area contributed by atoms with Crippen LogP contribution in [-0.4, -0.2) is 12.9 Å². The number of ketones is 1. The van der Waals surface area contributed by atoms with Gasteiger partial charge in [-0.15, -0.1) is 11.3 Å². The molecular formula is C12H16O2S. The minimum Gasteiger partial charge on any atom is -0.377 e. The molecule has 0 aromatic carbocycles. The summed E-state index contributed by atoms with van der Waals surface area (Å²) in [5.74, 6) is 0.254. The lowest BCUT2D eigenvalue weighted by atomic mass is 9.96. The van der Waals surface area contributed by atoms with Gasteiger partial charge in [-0.2, -0.15) is 0 Å². The fourth-order valence-electron chi connectivity index (χ4n) is 2.07. The maximum absolute atomic E-state index is 11.6. The molecule has 2 nitrogen and oxygen atoms in total. The Kier molecular flexibility index (Phi) is 3.22. The average molecular weight is 224 g/mol. The van der Waals surface area contributed by atoms with E-state index in [9.17, 15) is 4.79 Å². The van der Waals surface area contributed by atoms with Gasteiger partial charge in [-0.3, -0.25) is 4.79 Å². The number of Topliss-reactive ketones (excluding diaryl/α,β-unsaturated/α-hetero) is 1. The second kappa shape index (κ2) is 4.45. The summed E-state index contributed by atoms with van der Waals surface area (Å²) in [6.07, 6.45) is 4.17. The predicted molar refractivity (Wildman–Crippen MR) is 61.6 cm³/mol. The number of carbonyl (C=O) groups is 1. The molecule has 0 saturated heterocycles. The SMILES string of the molecule is CCC(=O)c1cc2c(s1)CCCC2OC. The molecule has 15 heavy (non-hydrogen) atoms. The van der Waals surface area contributed by atoms with Gasteiger partial charge < -0.3 is 4.74 Å². The third-order valence-corrected chi connectivity index (χ3v) is 4.19. The third kappa shape index (κ3) is 1.99. The van der Waals surface area contributed by atoms with Crippen LogP contribution in [0.3, 0.4) is 0 Å². The second-order valence-corrected chi connectivity index (χ2v) is 5.02. The molecule has 1 unspecified atom stereocenters. The fraction of sp³-hybridized carbons (Fsp3) is 0.583. The molecule has 2 rings (SSSR count). The Morgan fingerprint density at radius 2 is 2.47 bits per heavy atom. The Bertz CT molecular complexity index is 368. The summed E-state index contributed by atoms with van der Waals surface area (Å²) >= 11 is 1.66. The van der Waals surface area contributed by atoms with Crippen molar-refractivity contribution in [3.05, 3.63) is 21.4 Å². The predicted octanol–water partition coefficient (Wildman–Crippen LogP) is 3.36. The van der Waals surface area contributed by atoms with Crippen molar-refractivity contribution in [3.63, 3.8) is 0 Å². The van der Waals surface area contributed by atoms with E-state index in [0.717, 1.165) is 17.7 Å². The minimum absolute atomic E-state index is 0.211. The van der Waals surface area contributed by atoms with Gasteiger partial charge in [0.05, 0.1) is 11.0 Å². The lowest BCUT2D eigenvalue weighted by Crippen LogP contribution is -2.08. The molecule has 0 spiro atoms. The van der Waals surface area contributed by atoms with Crippen molar-refractivity contribution >= 4 is 17.1 Å². The first-order valence-corrected chi connectivity index (χ1v) is 6.26. The molecule has 3 heteroatoms. The van der Waals surface area contributed by atoms with E-state index in [1.54, 1.807) is 18.4 Å². The molecule has 0 amide bonds. The highest BCUT2D eigenvalue weighted by atomic mass is 32.1. The summed E-state index contributed by atoms with van der Waals surface area (Å²) in [5, 5.41) is 0. The van der Waals surface area contributed by atoms with Crippen molar-refractivity contribution in [1.82, 2.24) is 0 Å². The maximum atomic E-state index is 11.6. The topological polar surface area (TPSA) is 26.3 Å². The summed E-state index contributed by atoms with van der Waals surface area (Å²) in [4.78, 5) is 13.9. The number of carbonyl (C=O) groups excluding carboxylic acids is 1. The Balaban J connectivity index is 2.33. The minimum atomic E-state index is 0.211. The molecule has 1 aromatic rings. The summed E-state index contributed by atoms with van der Waals surface area (Å²) in [6.45, 7) is 1.91. The average Bonchev–Trinajstić information content (AvgIpc) is 2.71. The van der Waals surface area contributed by atoms with E-state index in [4.69, 9.17) is 4.74 Å². The van der Waals surface area contributed by atoms with Gasteiger partial charge in [-0.05, 0) is 30.9 Å². The number of fused-ring (bicyclic) bond motifs is 1. The van der Waals surface area contributed by atoms with Crippen LogP contribution >= 0.6 is 11.3 Å². The van der Waals surface area contributed by atoms with Gasteiger partial charge in [0.15, 0.2) is 5.78 Å². The largest absolute Gasteiger partial charge is 0.377 e. The number of ether oxygens (including phenoxy) is 1. The quantitative estimate of drug-likeness (QED) is 0.736. The van der Waals surface area contributed by atoms with E-state index < -0.39 is 0 Å². The van der Waals surface area contributed by atoms with Crippen LogP contribution in [0.25, 0.3) is 0 Å². The van der Waals surface area contributed by atoms with E-state index in [0.29, 0.717) is 6.42 Å². The van der Waals surface area contributed by atoms with Gasteiger partial charge in [-0.25, -0.2) is 0 Å². The number of hydrogen-bond donors (Lipinski definition) is 0. The number of thiophene rings is 1. The molecule has 0 aliphatic heterocycles. The molecule has 0 radical (unpaired) electrons. The molecular weight excluding hydrogens is 208 g/mol. The second-order valence-electron chi connectivity index (χ2n) is 3.88. The maximum Gasteiger partial charge on any atom is 0.172 e. The van der Waals surface area contributed by atoms with Crippen molar-refractivity contribution in [2.24, 2.45) is 0 Å². The Morgan fingerprint density at radius 3 is 3.13 bits per heavy atom.